The van der Waals surface area contributed by atoms with E-state index < -0.39 is 5.76 Å². The van der Waals surface area contributed by atoms with Crippen molar-refractivity contribution >= 4 is 11.6 Å². The van der Waals surface area contributed by atoms with Crippen LogP contribution in [0.15, 0.2) is 66.9 Å². The minimum atomic E-state index is -0.621. The number of furan rings is 1. The van der Waals surface area contributed by atoms with Crippen molar-refractivity contribution in [2.24, 2.45) is 0 Å². The Bertz CT molecular complexity index is 1030. The summed E-state index contributed by atoms with van der Waals surface area (Å²) in [6.07, 6.45) is 3.04. The average Bonchev–Trinajstić information content (AvgIpc) is 3.30. The normalized spacial score (nSPS) is 11.0. The SMILES string of the molecule is O=c1oc(-c2ccco2)nn1Cc1ncc(-c2cccc(Cl)c2)o1. The predicted octanol–water partition coefficient (Wildman–Crippen LogP) is 3.45. The van der Waals surface area contributed by atoms with E-state index in [0.717, 1.165) is 10.2 Å². The molecule has 24 heavy (non-hydrogen) atoms. The summed E-state index contributed by atoms with van der Waals surface area (Å²) in [6, 6.07) is 10.5. The van der Waals surface area contributed by atoms with Gasteiger partial charge in [-0.15, -0.1) is 5.10 Å². The zero-order chi connectivity index (χ0) is 16.5. The highest BCUT2D eigenvalue weighted by Gasteiger charge is 2.15. The molecule has 0 aliphatic carbocycles. The van der Waals surface area contributed by atoms with Crippen molar-refractivity contribution in [3.8, 4) is 23.0 Å². The summed E-state index contributed by atoms with van der Waals surface area (Å²) in [5.41, 5.74) is 0.796. The molecule has 120 valence electrons. The van der Waals surface area contributed by atoms with Gasteiger partial charge in [-0.3, -0.25) is 0 Å². The van der Waals surface area contributed by atoms with Crippen LogP contribution in [0, 0.1) is 0 Å². The molecule has 0 unspecified atom stereocenters. The number of nitrogens with zero attached hydrogens (tertiary/aromatic N) is 3. The molecule has 0 radical (unpaired) electrons. The van der Waals surface area contributed by atoms with Gasteiger partial charge in [0.2, 0.25) is 5.89 Å². The van der Waals surface area contributed by atoms with Crippen molar-refractivity contribution in [1.29, 1.82) is 0 Å². The molecule has 3 heterocycles. The zero-order valence-corrected chi connectivity index (χ0v) is 12.9. The van der Waals surface area contributed by atoms with Crippen molar-refractivity contribution in [3.63, 3.8) is 0 Å². The molecule has 0 aliphatic rings. The van der Waals surface area contributed by atoms with Gasteiger partial charge >= 0.3 is 5.76 Å². The van der Waals surface area contributed by atoms with Crippen LogP contribution in [0.1, 0.15) is 5.89 Å². The minimum absolute atomic E-state index is 0.0452. The molecule has 0 N–H and O–H groups in total. The second-order valence-electron chi connectivity index (χ2n) is 4.94. The number of halogens is 1. The first-order valence-corrected chi connectivity index (χ1v) is 7.39. The molecule has 7 nitrogen and oxygen atoms in total. The van der Waals surface area contributed by atoms with E-state index in [1.807, 2.05) is 12.1 Å². The molecule has 4 rings (SSSR count). The van der Waals surface area contributed by atoms with E-state index in [0.29, 0.717) is 22.4 Å². The van der Waals surface area contributed by atoms with E-state index in [1.165, 1.54) is 6.26 Å². The van der Waals surface area contributed by atoms with E-state index in [2.05, 4.69) is 10.1 Å². The second kappa shape index (κ2) is 5.86. The number of hydrogen-bond donors (Lipinski definition) is 0. The van der Waals surface area contributed by atoms with E-state index >= 15 is 0 Å². The van der Waals surface area contributed by atoms with Crippen molar-refractivity contribution in [3.05, 3.63) is 70.3 Å². The molecule has 0 bridgehead atoms. The molecular weight excluding hydrogens is 334 g/mol. The summed E-state index contributed by atoms with van der Waals surface area (Å²) in [7, 11) is 0. The standard InChI is InChI=1S/C16H10ClN3O4/c17-11-4-1-3-10(7-11)13-8-18-14(23-13)9-20-16(21)24-15(19-20)12-5-2-6-22-12/h1-8H,9H2. The molecule has 0 atom stereocenters. The quantitative estimate of drug-likeness (QED) is 0.564. The van der Waals surface area contributed by atoms with Crippen molar-refractivity contribution in [2.45, 2.75) is 6.54 Å². The number of hydrogen-bond acceptors (Lipinski definition) is 6. The summed E-state index contributed by atoms with van der Waals surface area (Å²) in [4.78, 5) is 16.0. The Hall–Kier alpha value is -3.06. The van der Waals surface area contributed by atoms with E-state index in [4.69, 9.17) is 24.9 Å². The van der Waals surface area contributed by atoms with Gasteiger partial charge in [0, 0.05) is 10.6 Å². The van der Waals surface area contributed by atoms with Crippen molar-refractivity contribution in [1.82, 2.24) is 14.8 Å². The maximum Gasteiger partial charge on any atom is 0.437 e. The lowest BCUT2D eigenvalue weighted by Gasteiger charge is -1.97. The molecule has 3 aromatic heterocycles. The molecular formula is C16H10ClN3O4. The molecule has 1 aromatic carbocycles. The van der Waals surface area contributed by atoms with Crippen molar-refractivity contribution in [2.75, 3.05) is 0 Å². The third-order valence-corrected chi connectivity index (χ3v) is 3.52. The van der Waals surface area contributed by atoms with Gasteiger partial charge < -0.3 is 13.3 Å². The maximum atomic E-state index is 11.9. The third-order valence-electron chi connectivity index (χ3n) is 3.29. The average molecular weight is 344 g/mol. The number of aromatic nitrogens is 3. The van der Waals surface area contributed by atoms with Crippen molar-refractivity contribution < 1.29 is 13.3 Å². The van der Waals surface area contributed by atoms with E-state index in [9.17, 15) is 4.79 Å². The minimum Gasteiger partial charge on any atom is -0.459 e. The Labute approximate surface area is 140 Å². The highest BCUT2D eigenvalue weighted by atomic mass is 35.5. The second-order valence-corrected chi connectivity index (χ2v) is 5.37. The number of rotatable bonds is 4. The smallest absolute Gasteiger partial charge is 0.437 e. The number of benzene rings is 1. The summed E-state index contributed by atoms with van der Waals surface area (Å²) >= 11 is 5.96. The van der Waals surface area contributed by atoms with Crippen LogP contribution >= 0.6 is 11.6 Å². The largest absolute Gasteiger partial charge is 0.459 e. The molecule has 0 aliphatic heterocycles. The predicted molar refractivity (Wildman–Crippen MR) is 84.5 cm³/mol. The van der Waals surface area contributed by atoms with Gasteiger partial charge in [0.1, 0.15) is 6.54 Å². The van der Waals surface area contributed by atoms with Gasteiger partial charge in [-0.25, -0.2) is 9.78 Å². The van der Waals surface area contributed by atoms with Crippen LogP contribution in [0.5, 0.6) is 0 Å². The fourth-order valence-corrected chi connectivity index (χ4v) is 2.38. The first kappa shape index (κ1) is 14.5. The van der Waals surface area contributed by atoms with E-state index in [1.54, 1.807) is 30.5 Å². The van der Waals surface area contributed by atoms with Crippen LogP contribution in [-0.2, 0) is 6.54 Å². The monoisotopic (exact) mass is 343 g/mol. The summed E-state index contributed by atoms with van der Waals surface area (Å²) in [6.45, 7) is 0.0452. The van der Waals surface area contributed by atoms with Gasteiger partial charge in [-0.05, 0) is 24.3 Å². The highest BCUT2D eigenvalue weighted by molar-refractivity contribution is 6.30. The fourth-order valence-electron chi connectivity index (χ4n) is 2.19. The first-order valence-electron chi connectivity index (χ1n) is 7.01. The molecule has 0 spiro atoms. The third kappa shape index (κ3) is 2.77. The van der Waals surface area contributed by atoms with Crippen LogP contribution in [0.3, 0.4) is 0 Å². The lowest BCUT2D eigenvalue weighted by Crippen LogP contribution is -2.16. The molecule has 0 amide bonds. The Morgan fingerprint density at radius 3 is 2.83 bits per heavy atom. The van der Waals surface area contributed by atoms with Crippen LogP contribution in [-0.4, -0.2) is 14.8 Å². The first-order chi connectivity index (χ1) is 11.7. The van der Waals surface area contributed by atoms with Crippen LogP contribution < -0.4 is 5.76 Å². The Balaban J connectivity index is 1.60. The molecule has 0 fully saturated rings. The fraction of sp³-hybridized carbons (Fsp3) is 0.0625. The Morgan fingerprint density at radius 1 is 1.12 bits per heavy atom. The zero-order valence-electron chi connectivity index (χ0n) is 12.2. The van der Waals surface area contributed by atoms with Gasteiger partial charge in [0.25, 0.3) is 5.89 Å². The van der Waals surface area contributed by atoms with Crippen LogP contribution in [0.25, 0.3) is 23.0 Å². The van der Waals surface area contributed by atoms with Crippen LogP contribution in [0.2, 0.25) is 5.02 Å². The summed E-state index contributed by atoms with van der Waals surface area (Å²) in [5, 5.41) is 4.66. The molecule has 8 heteroatoms. The van der Waals surface area contributed by atoms with E-state index in [-0.39, 0.29) is 12.4 Å². The Kier molecular flexibility index (Phi) is 3.55. The Morgan fingerprint density at radius 2 is 2.04 bits per heavy atom. The number of oxazole rings is 1. The van der Waals surface area contributed by atoms with Gasteiger partial charge in [0.15, 0.2) is 11.5 Å². The lowest BCUT2D eigenvalue weighted by atomic mass is 10.2. The van der Waals surface area contributed by atoms with Crippen LogP contribution in [0.4, 0.5) is 0 Å². The van der Waals surface area contributed by atoms with Gasteiger partial charge in [0.05, 0.1) is 12.5 Å². The molecule has 0 saturated heterocycles. The lowest BCUT2D eigenvalue weighted by molar-refractivity contribution is 0.442. The highest BCUT2D eigenvalue weighted by Crippen LogP contribution is 2.23. The molecule has 0 saturated carbocycles. The molecule has 4 aromatic rings. The summed E-state index contributed by atoms with van der Waals surface area (Å²) in [5.74, 6) is 0.732. The van der Waals surface area contributed by atoms with Gasteiger partial charge in [-0.2, -0.15) is 4.68 Å². The topological polar surface area (TPSA) is 87.2 Å². The van der Waals surface area contributed by atoms with Gasteiger partial charge in [-0.1, -0.05) is 23.7 Å². The maximum absolute atomic E-state index is 11.9. The summed E-state index contributed by atoms with van der Waals surface area (Å²) < 4.78 is 17.0.